The third-order valence-corrected chi connectivity index (χ3v) is 4.08. The number of piperazine rings is 1. The van der Waals surface area contributed by atoms with Crippen molar-refractivity contribution in [3.63, 3.8) is 0 Å². The third kappa shape index (κ3) is 4.58. The van der Waals surface area contributed by atoms with Crippen LogP contribution in [0, 0.1) is 11.8 Å². The van der Waals surface area contributed by atoms with Crippen molar-refractivity contribution in [1.29, 1.82) is 0 Å². The summed E-state index contributed by atoms with van der Waals surface area (Å²) in [6, 6.07) is 14.4. The number of amides is 1. The van der Waals surface area contributed by atoms with Crippen LogP contribution in [-0.2, 0) is 11.4 Å². The van der Waals surface area contributed by atoms with Crippen molar-refractivity contribution < 1.29 is 19.3 Å². The van der Waals surface area contributed by atoms with Gasteiger partial charge in [-0.2, -0.15) is 0 Å². The number of ether oxygens (including phenoxy) is 1. The molecule has 0 aromatic heterocycles. The van der Waals surface area contributed by atoms with Crippen LogP contribution in [0.5, 0.6) is 5.75 Å². The molecule has 0 saturated carbocycles. The lowest BCUT2D eigenvalue weighted by molar-refractivity contribution is -0.750. The second kappa shape index (κ2) is 8.44. The van der Waals surface area contributed by atoms with Crippen molar-refractivity contribution in [2.45, 2.75) is 13.5 Å². The van der Waals surface area contributed by atoms with E-state index in [-0.39, 0.29) is 18.0 Å². The number of nitrogens with one attached hydrogen (secondary N) is 1. The predicted octanol–water partition coefficient (Wildman–Crippen LogP) is 2.94. The molecule has 1 heterocycles. The van der Waals surface area contributed by atoms with E-state index in [1.54, 1.807) is 23.1 Å². The first-order chi connectivity index (χ1) is 12.6. The average Bonchev–Trinajstić information content (AvgIpc) is 2.68. The second-order valence-electron chi connectivity index (χ2n) is 6.09. The molecule has 0 atom stereocenters. The summed E-state index contributed by atoms with van der Waals surface area (Å²) in [6.07, 6.45) is -0.463. The number of nitrogens with zero attached hydrogens (tertiary/aromatic N) is 2. The molecule has 1 amide bonds. The maximum Gasteiger partial charge on any atom is 0.415 e. The zero-order chi connectivity index (χ0) is 18.4. The Balaban J connectivity index is 1.70. The van der Waals surface area contributed by atoms with Gasteiger partial charge in [0.15, 0.2) is 6.61 Å². The third-order valence-electron chi connectivity index (χ3n) is 4.08. The summed E-state index contributed by atoms with van der Waals surface area (Å²) < 4.78 is 5.48. The molecule has 3 rings (SSSR count). The summed E-state index contributed by atoms with van der Waals surface area (Å²) in [4.78, 5) is 32.0. The summed E-state index contributed by atoms with van der Waals surface area (Å²) >= 11 is 0. The SMILES string of the molecule is Cc1ccc([N+](=O)OCc2ccccc2)c(OC(=O)N2CCNCC2)c1. The lowest BCUT2D eigenvalue weighted by atomic mass is 10.2. The van der Waals surface area contributed by atoms with Gasteiger partial charge in [0.2, 0.25) is 5.75 Å². The fourth-order valence-electron chi connectivity index (χ4n) is 2.64. The van der Waals surface area contributed by atoms with E-state index in [1.807, 2.05) is 37.3 Å². The first-order valence-corrected chi connectivity index (χ1v) is 8.56. The Morgan fingerprint density at radius 1 is 1.15 bits per heavy atom. The zero-order valence-corrected chi connectivity index (χ0v) is 14.7. The van der Waals surface area contributed by atoms with E-state index in [0.717, 1.165) is 24.2 Å². The molecule has 1 fully saturated rings. The summed E-state index contributed by atoms with van der Waals surface area (Å²) in [6.45, 7) is 4.60. The molecule has 1 saturated heterocycles. The number of rotatable bonds is 5. The second-order valence-corrected chi connectivity index (χ2v) is 6.09. The zero-order valence-electron chi connectivity index (χ0n) is 14.7. The van der Waals surface area contributed by atoms with Crippen LogP contribution in [0.4, 0.5) is 10.5 Å². The van der Waals surface area contributed by atoms with Gasteiger partial charge in [-0.15, -0.1) is 0 Å². The fourth-order valence-corrected chi connectivity index (χ4v) is 2.64. The van der Waals surface area contributed by atoms with Crippen LogP contribution in [0.25, 0.3) is 0 Å². The number of carbonyl (C=O) groups is 1. The summed E-state index contributed by atoms with van der Waals surface area (Å²) in [5.41, 5.74) is 1.92. The standard InChI is InChI=1S/C19H22N3O4/c1-15-7-8-17(22(24)25-14-16-5-3-2-4-6-16)18(13-15)26-19(23)21-11-9-20-10-12-21/h2-8,13,20H,9-12,14H2,1H3/q+1. The van der Waals surface area contributed by atoms with Crippen molar-refractivity contribution in [2.24, 2.45) is 0 Å². The molecule has 2 aromatic rings. The first kappa shape index (κ1) is 17.9. The number of aryl methyl sites for hydroxylation is 1. The van der Waals surface area contributed by atoms with Crippen LogP contribution < -0.4 is 10.1 Å². The molecule has 1 N–H and O–H groups in total. The van der Waals surface area contributed by atoms with Gasteiger partial charge in [0.25, 0.3) is 4.92 Å². The van der Waals surface area contributed by atoms with Crippen molar-refractivity contribution >= 4 is 11.8 Å². The molecule has 0 spiro atoms. The van der Waals surface area contributed by atoms with Crippen LogP contribution >= 0.6 is 0 Å². The molecule has 1 aliphatic heterocycles. The van der Waals surface area contributed by atoms with E-state index in [0.29, 0.717) is 18.0 Å². The smallest absolute Gasteiger partial charge is 0.403 e. The molecular formula is C19H22N3O4+. The van der Waals surface area contributed by atoms with Gasteiger partial charge in [-0.1, -0.05) is 36.4 Å². The van der Waals surface area contributed by atoms with E-state index in [2.05, 4.69) is 5.32 Å². The van der Waals surface area contributed by atoms with Crippen molar-refractivity contribution in [2.75, 3.05) is 26.2 Å². The Hall–Kier alpha value is -2.93. The van der Waals surface area contributed by atoms with E-state index in [9.17, 15) is 9.70 Å². The van der Waals surface area contributed by atoms with E-state index in [1.165, 1.54) is 0 Å². The van der Waals surface area contributed by atoms with Gasteiger partial charge in [0.1, 0.15) is 0 Å². The van der Waals surface area contributed by atoms with Gasteiger partial charge in [0.05, 0.1) is 4.91 Å². The molecule has 7 heteroatoms. The molecule has 7 nitrogen and oxygen atoms in total. The summed E-state index contributed by atoms with van der Waals surface area (Å²) in [5.74, 6) is 0.191. The first-order valence-electron chi connectivity index (χ1n) is 8.56. The van der Waals surface area contributed by atoms with Crippen LogP contribution in [0.3, 0.4) is 0 Å². The molecule has 0 radical (unpaired) electrons. The lowest BCUT2D eigenvalue weighted by Crippen LogP contribution is -2.47. The Bertz CT molecular complexity index is 774. The molecule has 0 aliphatic carbocycles. The highest BCUT2D eigenvalue weighted by Crippen LogP contribution is 2.29. The van der Waals surface area contributed by atoms with Crippen LogP contribution in [0.1, 0.15) is 11.1 Å². The lowest BCUT2D eigenvalue weighted by Gasteiger charge is -2.26. The van der Waals surface area contributed by atoms with Gasteiger partial charge in [-0.3, -0.25) is 0 Å². The molecule has 2 aromatic carbocycles. The van der Waals surface area contributed by atoms with E-state index < -0.39 is 6.09 Å². The highest BCUT2D eigenvalue weighted by Gasteiger charge is 2.27. The monoisotopic (exact) mass is 356 g/mol. The fraction of sp³-hybridized carbons (Fsp3) is 0.316. The van der Waals surface area contributed by atoms with Crippen LogP contribution in [0.15, 0.2) is 48.5 Å². The minimum Gasteiger partial charge on any atom is -0.403 e. The molecular weight excluding hydrogens is 334 g/mol. The topological polar surface area (TPSA) is 70.9 Å². The number of carbonyl (C=O) groups excluding carboxylic acids is 1. The van der Waals surface area contributed by atoms with Crippen molar-refractivity contribution in [1.82, 2.24) is 10.2 Å². The minimum absolute atomic E-state index is 0.128. The highest BCUT2D eigenvalue weighted by molar-refractivity contribution is 5.72. The van der Waals surface area contributed by atoms with Gasteiger partial charge < -0.3 is 15.0 Å². The van der Waals surface area contributed by atoms with Gasteiger partial charge in [0, 0.05) is 32.2 Å². The predicted molar refractivity (Wildman–Crippen MR) is 96.2 cm³/mol. The average molecular weight is 356 g/mol. The Kier molecular flexibility index (Phi) is 5.80. The van der Waals surface area contributed by atoms with Gasteiger partial charge in [-0.05, 0) is 24.1 Å². The van der Waals surface area contributed by atoms with Crippen molar-refractivity contribution in [3.8, 4) is 5.75 Å². The minimum atomic E-state index is -0.463. The molecule has 0 unspecified atom stereocenters. The van der Waals surface area contributed by atoms with E-state index in [4.69, 9.17) is 9.57 Å². The summed E-state index contributed by atoms with van der Waals surface area (Å²) in [5, 5.41) is 3.18. The number of hydrogen-bond acceptors (Lipinski definition) is 5. The van der Waals surface area contributed by atoms with E-state index >= 15 is 0 Å². The summed E-state index contributed by atoms with van der Waals surface area (Å²) in [7, 11) is 0. The van der Waals surface area contributed by atoms with Gasteiger partial charge in [-0.25, -0.2) is 9.63 Å². The Morgan fingerprint density at radius 3 is 2.62 bits per heavy atom. The molecule has 1 aliphatic rings. The quantitative estimate of drug-likeness (QED) is 0.834. The number of benzene rings is 2. The maximum atomic E-state index is 12.4. The Labute approximate surface area is 152 Å². The Morgan fingerprint density at radius 2 is 1.88 bits per heavy atom. The van der Waals surface area contributed by atoms with Gasteiger partial charge >= 0.3 is 11.8 Å². The highest BCUT2D eigenvalue weighted by atomic mass is 16.8. The van der Waals surface area contributed by atoms with Crippen LogP contribution in [-0.4, -0.2) is 42.1 Å². The van der Waals surface area contributed by atoms with Crippen molar-refractivity contribution in [3.05, 3.63) is 64.6 Å². The largest absolute Gasteiger partial charge is 0.415 e. The molecule has 0 bridgehead atoms. The normalized spacial score (nSPS) is 14.0. The molecule has 26 heavy (non-hydrogen) atoms. The maximum absolute atomic E-state index is 12.4. The van der Waals surface area contributed by atoms with Crippen LogP contribution in [0.2, 0.25) is 0 Å². The number of hydrogen-bond donors (Lipinski definition) is 1. The molecule has 136 valence electrons.